The van der Waals surface area contributed by atoms with Crippen molar-refractivity contribution in [3.63, 3.8) is 0 Å². The summed E-state index contributed by atoms with van der Waals surface area (Å²) in [6.07, 6.45) is 0.132. The molecule has 2 rings (SSSR count). The van der Waals surface area contributed by atoms with E-state index in [1.165, 1.54) is 12.1 Å². The summed E-state index contributed by atoms with van der Waals surface area (Å²) in [7, 11) is 0. The monoisotopic (exact) mass is 229 g/mol. The van der Waals surface area contributed by atoms with Crippen LogP contribution in [0.4, 0.5) is 13.2 Å². The highest BCUT2D eigenvalue weighted by molar-refractivity contribution is 5.33. The second kappa shape index (κ2) is 4.09. The molecule has 0 radical (unpaired) electrons. The van der Waals surface area contributed by atoms with Gasteiger partial charge in [0, 0.05) is 12.0 Å². The van der Waals surface area contributed by atoms with E-state index in [0.717, 1.165) is 24.8 Å². The molecule has 1 saturated carbocycles. The number of nitrogens with two attached hydrogens (primary N) is 1. The van der Waals surface area contributed by atoms with Gasteiger partial charge in [-0.25, -0.2) is 13.2 Å². The number of alkyl halides is 2. The Morgan fingerprint density at radius 1 is 1.31 bits per heavy atom. The number of rotatable bonds is 3. The Kier molecular flexibility index (Phi) is 2.93. The van der Waals surface area contributed by atoms with Crippen LogP contribution in [0.3, 0.4) is 0 Å². The zero-order chi connectivity index (χ0) is 11.8. The summed E-state index contributed by atoms with van der Waals surface area (Å²) in [4.78, 5) is 0. The first-order valence-electron chi connectivity index (χ1n) is 5.37. The van der Waals surface area contributed by atoms with Gasteiger partial charge >= 0.3 is 0 Å². The molecule has 1 aromatic rings. The number of halogens is 3. The highest BCUT2D eigenvalue weighted by Crippen LogP contribution is 2.43. The maximum Gasteiger partial charge on any atom is 0.266 e. The van der Waals surface area contributed by atoms with Crippen LogP contribution in [-0.4, -0.2) is 6.54 Å². The standard InChI is InChI=1S/C12H14F3N/c13-10-6-8(2-3-9(10)11(14)15)12(7-16)4-1-5-12/h2-3,6,11H,1,4-5,7,16H2. The molecule has 0 spiro atoms. The topological polar surface area (TPSA) is 26.0 Å². The SMILES string of the molecule is NCC1(c2ccc(C(F)F)c(F)c2)CCC1. The summed E-state index contributed by atoms with van der Waals surface area (Å²) < 4.78 is 38.1. The van der Waals surface area contributed by atoms with E-state index in [2.05, 4.69) is 0 Å². The maximum atomic E-state index is 13.4. The van der Waals surface area contributed by atoms with Gasteiger partial charge < -0.3 is 5.73 Å². The van der Waals surface area contributed by atoms with Crippen LogP contribution in [-0.2, 0) is 5.41 Å². The molecule has 88 valence electrons. The zero-order valence-corrected chi connectivity index (χ0v) is 8.85. The molecular weight excluding hydrogens is 215 g/mol. The lowest BCUT2D eigenvalue weighted by atomic mass is 9.64. The molecule has 0 heterocycles. The zero-order valence-electron chi connectivity index (χ0n) is 8.85. The largest absolute Gasteiger partial charge is 0.330 e. The molecule has 1 aliphatic carbocycles. The average molecular weight is 229 g/mol. The van der Waals surface area contributed by atoms with E-state index in [1.54, 1.807) is 6.07 Å². The molecule has 1 nitrogen and oxygen atoms in total. The van der Waals surface area contributed by atoms with Gasteiger partial charge in [-0.1, -0.05) is 18.6 Å². The fourth-order valence-corrected chi connectivity index (χ4v) is 2.25. The molecular formula is C12H14F3N. The highest BCUT2D eigenvalue weighted by atomic mass is 19.3. The van der Waals surface area contributed by atoms with Crippen LogP contribution in [0.2, 0.25) is 0 Å². The fourth-order valence-electron chi connectivity index (χ4n) is 2.25. The van der Waals surface area contributed by atoms with E-state index in [9.17, 15) is 13.2 Å². The Balaban J connectivity index is 2.34. The van der Waals surface area contributed by atoms with E-state index in [0.29, 0.717) is 6.54 Å². The molecule has 0 aromatic heterocycles. The Morgan fingerprint density at radius 2 is 2.00 bits per heavy atom. The van der Waals surface area contributed by atoms with Crippen LogP contribution in [0, 0.1) is 5.82 Å². The number of hydrogen-bond donors (Lipinski definition) is 1. The van der Waals surface area contributed by atoms with Crippen molar-refractivity contribution in [1.29, 1.82) is 0 Å². The van der Waals surface area contributed by atoms with E-state index in [-0.39, 0.29) is 5.41 Å². The lowest BCUT2D eigenvalue weighted by molar-refractivity contribution is 0.146. The molecule has 0 bridgehead atoms. The minimum Gasteiger partial charge on any atom is -0.330 e. The van der Waals surface area contributed by atoms with Crippen molar-refractivity contribution < 1.29 is 13.2 Å². The predicted molar refractivity (Wildman–Crippen MR) is 55.9 cm³/mol. The first-order valence-corrected chi connectivity index (χ1v) is 5.37. The number of benzene rings is 1. The molecule has 0 atom stereocenters. The van der Waals surface area contributed by atoms with Gasteiger partial charge in [0.15, 0.2) is 0 Å². The van der Waals surface area contributed by atoms with Crippen molar-refractivity contribution in [2.24, 2.45) is 5.73 Å². The van der Waals surface area contributed by atoms with Crippen molar-refractivity contribution in [2.75, 3.05) is 6.54 Å². The van der Waals surface area contributed by atoms with Crippen LogP contribution in [0.1, 0.15) is 36.8 Å². The van der Waals surface area contributed by atoms with Gasteiger partial charge in [-0.3, -0.25) is 0 Å². The third-order valence-electron chi connectivity index (χ3n) is 3.55. The molecule has 2 N–H and O–H groups in total. The van der Waals surface area contributed by atoms with Crippen LogP contribution < -0.4 is 5.73 Å². The van der Waals surface area contributed by atoms with E-state index >= 15 is 0 Å². The second-order valence-electron chi connectivity index (χ2n) is 4.37. The molecule has 1 aliphatic rings. The summed E-state index contributed by atoms with van der Waals surface area (Å²) in [6, 6.07) is 3.97. The molecule has 0 saturated heterocycles. The van der Waals surface area contributed by atoms with Crippen LogP contribution >= 0.6 is 0 Å². The summed E-state index contributed by atoms with van der Waals surface area (Å²) in [5.74, 6) is -0.827. The van der Waals surface area contributed by atoms with Crippen molar-refractivity contribution in [2.45, 2.75) is 31.1 Å². The minimum atomic E-state index is -2.76. The summed E-state index contributed by atoms with van der Waals surface area (Å²) in [5, 5.41) is 0. The van der Waals surface area contributed by atoms with Crippen LogP contribution in [0.25, 0.3) is 0 Å². The molecule has 0 amide bonds. The Hall–Kier alpha value is -1.03. The average Bonchev–Trinajstić information content (AvgIpc) is 2.16. The van der Waals surface area contributed by atoms with Gasteiger partial charge in [0.2, 0.25) is 0 Å². The first kappa shape index (κ1) is 11.5. The van der Waals surface area contributed by atoms with Crippen LogP contribution in [0.5, 0.6) is 0 Å². The molecule has 0 unspecified atom stereocenters. The molecule has 16 heavy (non-hydrogen) atoms. The van der Waals surface area contributed by atoms with E-state index < -0.39 is 17.8 Å². The van der Waals surface area contributed by atoms with Gasteiger partial charge in [-0.2, -0.15) is 0 Å². The fraction of sp³-hybridized carbons (Fsp3) is 0.500. The van der Waals surface area contributed by atoms with Gasteiger partial charge in [0.05, 0.1) is 5.56 Å². The quantitative estimate of drug-likeness (QED) is 0.846. The first-order chi connectivity index (χ1) is 7.59. The highest BCUT2D eigenvalue weighted by Gasteiger charge is 2.37. The summed E-state index contributed by atoms with van der Waals surface area (Å²) >= 11 is 0. The number of hydrogen-bond acceptors (Lipinski definition) is 1. The Morgan fingerprint density at radius 3 is 2.38 bits per heavy atom. The normalized spacial score (nSPS) is 18.6. The molecule has 1 aromatic carbocycles. The van der Waals surface area contributed by atoms with Crippen molar-refractivity contribution in [3.05, 3.63) is 35.1 Å². The van der Waals surface area contributed by atoms with Gasteiger partial charge in [-0.15, -0.1) is 0 Å². The third kappa shape index (κ3) is 1.71. The van der Waals surface area contributed by atoms with Crippen molar-refractivity contribution >= 4 is 0 Å². The Bertz CT molecular complexity index is 380. The van der Waals surface area contributed by atoms with Crippen LogP contribution in [0.15, 0.2) is 18.2 Å². The minimum absolute atomic E-state index is 0.179. The van der Waals surface area contributed by atoms with Gasteiger partial charge in [-0.05, 0) is 24.5 Å². The van der Waals surface area contributed by atoms with Crippen molar-refractivity contribution in [1.82, 2.24) is 0 Å². The van der Waals surface area contributed by atoms with E-state index in [1.807, 2.05) is 0 Å². The van der Waals surface area contributed by atoms with Gasteiger partial charge in [0.1, 0.15) is 5.82 Å². The van der Waals surface area contributed by atoms with E-state index in [4.69, 9.17) is 5.73 Å². The molecule has 1 fully saturated rings. The van der Waals surface area contributed by atoms with Crippen molar-refractivity contribution in [3.8, 4) is 0 Å². The van der Waals surface area contributed by atoms with Gasteiger partial charge in [0.25, 0.3) is 6.43 Å². The maximum absolute atomic E-state index is 13.4. The smallest absolute Gasteiger partial charge is 0.266 e. The lowest BCUT2D eigenvalue weighted by Crippen LogP contribution is -2.41. The predicted octanol–water partition coefficient (Wildman–Crippen LogP) is 3.14. The lowest BCUT2D eigenvalue weighted by Gasteiger charge is -2.41. The Labute approximate surface area is 92.5 Å². The second-order valence-corrected chi connectivity index (χ2v) is 4.37. The molecule has 4 heteroatoms. The summed E-state index contributed by atoms with van der Waals surface area (Å²) in [5.41, 5.74) is 5.72. The summed E-state index contributed by atoms with van der Waals surface area (Å²) in [6.45, 7) is 0.445. The molecule has 0 aliphatic heterocycles. The third-order valence-corrected chi connectivity index (χ3v) is 3.55.